The van der Waals surface area contributed by atoms with E-state index in [2.05, 4.69) is 17.2 Å². The largest absolute Gasteiger partial charge is 0.385 e. The van der Waals surface area contributed by atoms with Gasteiger partial charge in [-0.3, -0.25) is 0 Å². The number of amidine groups is 1. The van der Waals surface area contributed by atoms with E-state index in [0.717, 1.165) is 12.2 Å². The maximum Gasteiger partial charge on any atom is 0.343 e. The summed E-state index contributed by atoms with van der Waals surface area (Å²) in [5.74, 6) is 1.50. The van der Waals surface area contributed by atoms with E-state index in [0.29, 0.717) is 11.1 Å². The van der Waals surface area contributed by atoms with Crippen LogP contribution in [0.25, 0.3) is 0 Å². The molecule has 5 heteroatoms. The lowest BCUT2D eigenvalue weighted by molar-refractivity contribution is 0.246. The zero-order valence-corrected chi connectivity index (χ0v) is 7.65. The number of carbonyl (C=O) groups is 1. The van der Waals surface area contributed by atoms with Gasteiger partial charge in [-0.25, -0.2) is 4.79 Å². The summed E-state index contributed by atoms with van der Waals surface area (Å²) in [6.07, 6.45) is 0.903. The fourth-order valence-electron chi connectivity index (χ4n) is 1.73. The second-order valence-electron chi connectivity index (χ2n) is 3.16. The van der Waals surface area contributed by atoms with Gasteiger partial charge in [-0.05, 0) is 12.2 Å². The van der Waals surface area contributed by atoms with Gasteiger partial charge < -0.3 is 11.1 Å². The number of carbonyl (C=O) groups excluding carboxylic acids is 1. The Hall–Kier alpha value is -0.710. The summed E-state index contributed by atoms with van der Waals surface area (Å²) in [4.78, 5) is 14.7. The van der Waals surface area contributed by atoms with Crippen LogP contribution >= 0.6 is 11.8 Å². The zero-order valence-electron chi connectivity index (χ0n) is 6.83. The van der Waals surface area contributed by atoms with Gasteiger partial charge in [0.1, 0.15) is 11.4 Å². The van der Waals surface area contributed by atoms with Crippen molar-refractivity contribution < 1.29 is 4.79 Å². The Morgan fingerprint density at radius 2 is 2.58 bits per heavy atom. The minimum Gasteiger partial charge on any atom is -0.385 e. The molecule has 1 fully saturated rings. The van der Waals surface area contributed by atoms with Crippen LogP contribution in [0.2, 0.25) is 0 Å². The van der Waals surface area contributed by atoms with E-state index in [9.17, 15) is 4.79 Å². The van der Waals surface area contributed by atoms with Crippen molar-refractivity contribution in [1.82, 2.24) is 5.32 Å². The topological polar surface area (TPSA) is 67.5 Å². The van der Waals surface area contributed by atoms with Crippen LogP contribution < -0.4 is 11.1 Å². The van der Waals surface area contributed by atoms with Gasteiger partial charge in [0.15, 0.2) is 0 Å². The van der Waals surface area contributed by atoms with Gasteiger partial charge in [-0.15, -0.1) is 0 Å². The first-order valence-electron chi connectivity index (χ1n) is 3.93. The lowest BCUT2D eigenvalue weighted by atomic mass is 9.92. The summed E-state index contributed by atoms with van der Waals surface area (Å²) in [7, 11) is 0. The van der Waals surface area contributed by atoms with Crippen LogP contribution in [0.15, 0.2) is 4.99 Å². The number of urea groups is 1. The predicted molar refractivity (Wildman–Crippen MR) is 49.4 cm³/mol. The number of rotatable bonds is 0. The molecule has 0 aromatic rings. The first-order valence-corrected chi connectivity index (χ1v) is 4.98. The molecule has 2 atom stereocenters. The quantitative estimate of drug-likeness (QED) is 0.571. The fraction of sp³-hybridized carbons (Fsp3) is 0.714. The average Bonchev–Trinajstić information content (AvgIpc) is 2.44. The Bertz CT molecular complexity index is 265. The Labute approximate surface area is 75.0 Å². The highest BCUT2D eigenvalue weighted by atomic mass is 32.2. The third-order valence-electron chi connectivity index (χ3n) is 2.57. The van der Waals surface area contributed by atoms with Crippen LogP contribution in [-0.2, 0) is 0 Å². The van der Waals surface area contributed by atoms with Crippen LogP contribution in [0.5, 0.6) is 0 Å². The van der Waals surface area contributed by atoms with Crippen molar-refractivity contribution in [2.45, 2.75) is 24.1 Å². The van der Waals surface area contributed by atoms with Crippen molar-refractivity contribution in [3.8, 4) is 0 Å². The molecule has 66 valence electrons. The maximum absolute atomic E-state index is 11.0. The van der Waals surface area contributed by atoms with E-state index in [4.69, 9.17) is 5.73 Å². The zero-order chi connectivity index (χ0) is 8.77. The normalized spacial score (nSPS) is 40.2. The molecule has 12 heavy (non-hydrogen) atoms. The molecule has 2 unspecified atom stereocenters. The minimum absolute atomic E-state index is 0.290. The highest BCUT2D eigenvalue weighted by Gasteiger charge is 2.49. The van der Waals surface area contributed by atoms with Crippen molar-refractivity contribution in [1.29, 1.82) is 0 Å². The third kappa shape index (κ3) is 0.857. The van der Waals surface area contributed by atoms with Crippen molar-refractivity contribution in [3.05, 3.63) is 0 Å². The molecule has 2 amide bonds. The molecule has 0 aromatic carbocycles. The van der Waals surface area contributed by atoms with Gasteiger partial charge in [0, 0.05) is 5.25 Å². The molecule has 0 aliphatic carbocycles. The number of amides is 2. The van der Waals surface area contributed by atoms with E-state index in [1.54, 1.807) is 0 Å². The molecular formula is C7H11N3OS. The minimum atomic E-state index is -0.332. The Morgan fingerprint density at radius 3 is 3.00 bits per heavy atom. The lowest BCUT2D eigenvalue weighted by Crippen LogP contribution is -2.55. The molecule has 0 radical (unpaired) electrons. The van der Waals surface area contributed by atoms with Gasteiger partial charge in [-0.1, -0.05) is 6.92 Å². The smallest absolute Gasteiger partial charge is 0.343 e. The monoisotopic (exact) mass is 185 g/mol. The van der Waals surface area contributed by atoms with Crippen molar-refractivity contribution in [2.24, 2.45) is 10.7 Å². The predicted octanol–water partition coefficient (Wildman–Crippen LogP) is 0.331. The molecule has 1 saturated heterocycles. The first-order chi connectivity index (χ1) is 5.65. The Kier molecular flexibility index (Phi) is 1.57. The summed E-state index contributed by atoms with van der Waals surface area (Å²) >= 11 is 1.82. The molecule has 3 N–H and O–H groups in total. The average molecular weight is 185 g/mol. The number of hydrogen-bond donors (Lipinski definition) is 2. The molecule has 0 saturated carbocycles. The second-order valence-corrected chi connectivity index (χ2v) is 4.61. The van der Waals surface area contributed by atoms with Gasteiger partial charge >= 0.3 is 6.03 Å². The lowest BCUT2D eigenvalue weighted by Gasteiger charge is -2.27. The van der Waals surface area contributed by atoms with Crippen LogP contribution in [0.1, 0.15) is 13.3 Å². The van der Waals surface area contributed by atoms with E-state index in [1.807, 2.05) is 11.8 Å². The highest BCUT2D eigenvalue weighted by Crippen LogP contribution is 2.37. The molecule has 4 nitrogen and oxygen atoms in total. The van der Waals surface area contributed by atoms with Gasteiger partial charge in [0.05, 0.1) is 0 Å². The maximum atomic E-state index is 11.0. The molecule has 1 spiro atoms. The molecule has 2 heterocycles. The van der Waals surface area contributed by atoms with E-state index in [1.165, 1.54) is 0 Å². The molecule has 2 aliphatic rings. The summed E-state index contributed by atoms with van der Waals surface area (Å²) in [5, 5.41) is 3.18. The standard InChI is InChI=1S/C7H11N3OS/c1-4-7(2-3-12-4)5(8)9-6(11)10-7/h4H,2-3H2,1H3,(H3,8,9,10,11). The summed E-state index contributed by atoms with van der Waals surface area (Å²) in [6, 6.07) is -0.290. The molecule has 2 aliphatic heterocycles. The third-order valence-corrected chi connectivity index (χ3v) is 3.91. The Balaban J connectivity index is 2.33. The van der Waals surface area contributed by atoms with Crippen LogP contribution in [0, 0.1) is 0 Å². The van der Waals surface area contributed by atoms with E-state index >= 15 is 0 Å². The van der Waals surface area contributed by atoms with Crippen molar-refractivity contribution in [3.63, 3.8) is 0 Å². The molecule has 0 bridgehead atoms. The van der Waals surface area contributed by atoms with E-state index in [-0.39, 0.29) is 11.6 Å². The number of aliphatic imine (C=N–C) groups is 1. The number of nitrogens with two attached hydrogens (primary N) is 1. The van der Waals surface area contributed by atoms with Gasteiger partial charge in [0.2, 0.25) is 0 Å². The number of thioether (sulfide) groups is 1. The Morgan fingerprint density at radius 1 is 1.83 bits per heavy atom. The van der Waals surface area contributed by atoms with Crippen LogP contribution in [-0.4, -0.2) is 28.4 Å². The van der Waals surface area contributed by atoms with E-state index < -0.39 is 0 Å². The SMILES string of the molecule is CC1SCCC12NC(=O)N=C2N. The second kappa shape index (κ2) is 2.39. The highest BCUT2D eigenvalue weighted by molar-refractivity contribution is 8.00. The van der Waals surface area contributed by atoms with Crippen molar-refractivity contribution in [2.75, 3.05) is 5.75 Å². The number of nitrogens with zero attached hydrogens (tertiary/aromatic N) is 1. The molecule has 0 aromatic heterocycles. The van der Waals surface area contributed by atoms with Gasteiger partial charge in [0.25, 0.3) is 0 Å². The van der Waals surface area contributed by atoms with Crippen LogP contribution in [0.3, 0.4) is 0 Å². The van der Waals surface area contributed by atoms with Crippen molar-refractivity contribution >= 4 is 23.6 Å². The number of nitrogens with one attached hydrogen (secondary N) is 1. The molecular weight excluding hydrogens is 174 g/mol. The summed E-state index contributed by atoms with van der Waals surface area (Å²) in [5.41, 5.74) is 5.38. The number of hydrogen-bond acceptors (Lipinski definition) is 3. The summed E-state index contributed by atoms with van der Waals surface area (Å²) in [6.45, 7) is 2.08. The van der Waals surface area contributed by atoms with Crippen LogP contribution in [0.4, 0.5) is 4.79 Å². The summed E-state index contributed by atoms with van der Waals surface area (Å²) < 4.78 is 0. The first kappa shape index (κ1) is 7.91. The fourth-order valence-corrected chi connectivity index (χ4v) is 3.11. The molecule has 2 rings (SSSR count). The van der Waals surface area contributed by atoms with Gasteiger partial charge in [-0.2, -0.15) is 16.8 Å².